The van der Waals surface area contributed by atoms with Crippen molar-refractivity contribution < 1.29 is 5.11 Å². The van der Waals surface area contributed by atoms with Gasteiger partial charge in [0.15, 0.2) is 10.8 Å². The molecule has 0 aliphatic rings. The normalized spacial score (nSPS) is 10.5. The van der Waals surface area contributed by atoms with Crippen molar-refractivity contribution in [2.24, 2.45) is 0 Å². The topological polar surface area (TPSA) is 78.9 Å². The molecule has 0 aliphatic heterocycles. The molecule has 19 heavy (non-hydrogen) atoms. The molecule has 6 heteroatoms. The summed E-state index contributed by atoms with van der Waals surface area (Å²) in [6.45, 7) is 0. The molecule has 2 N–H and O–H groups in total. The van der Waals surface area contributed by atoms with Crippen molar-refractivity contribution >= 4 is 11.3 Å². The molecule has 5 nitrogen and oxygen atoms in total. The molecule has 0 fully saturated rings. The van der Waals surface area contributed by atoms with Gasteiger partial charge in [0.25, 0.3) is 5.56 Å². The minimum Gasteiger partial charge on any atom is -0.493 e. The zero-order valence-corrected chi connectivity index (χ0v) is 10.5. The van der Waals surface area contributed by atoms with E-state index < -0.39 is 0 Å². The number of aromatic hydroxyl groups is 1. The van der Waals surface area contributed by atoms with E-state index in [1.165, 1.54) is 11.3 Å². The van der Waals surface area contributed by atoms with Gasteiger partial charge in [0, 0.05) is 11.6 Å². The van der Waals surface area contributed by atoms with Crippen molar-refractivity contribution in [3.8, 4) is 27.8 Å². The Morgan fingerprint density at radius 1 is 1.21 bits per heavy atom. The third-order valence-electron chi connectivity index (χ3n) is 2.60. The lowest BCUT2D eigenvalue weighted by Crippen LogP contribution is -2.12. The minimum atomic E-state index is -0.385. The summed E-state index contributed by atoms with van der Waals surface area (Å²) in [7, 11) is 0. The van der Waals surface area contributed by atoms with E-state index in [1.807, 2.05) is 6.07 Å². The number of aromatic amines is 1. The standard InChI is InChI=1S/C13H9N3O2S/c17-11-9(8-4-2-1-3-5-8)12(18)16-10(15-11)13-14-6-7-19-13/h1-7H,(H2,15,16,17,18). The van der Waals surface area contributed by atoms with Gasteiger partial charge in [-0.15, -0.1) is 11.3 Å². The average molecular weight is 271 g/mol. The van der Waals surface area contributed by atoms with E-state index in [0.717, 1.165) is 0 Å². The van der Waals surface area contributed by atoms with Crippen LogP contribution in [0.2, 0.25) is 0 Å². The molecule has 2 heterocycles. The van der Waals surface area contributed by atoms with E-state index >= 15 is 0 Å². The summed E-state index contributed by atoms with van der Waals surface area (Å²) < 4.78 is 0. The Morgan fingerprint density at radius 3 is 2.63 bits per heavy atom. The maximum Gasteiger partial charge on any atom is 0.263 e. The minimum absolute atomic E-state index is 0.168. The molecule has 0 amide bonds. The first-order chi connectivity index (χ1) is 9.25. The molecule has 0 aliphatic carbocycles. The van der Waals surface area contributed by atoms with Crippen molar-refractivity contribution in [3.63, 3.8) is 0 Å². The Hall–Kier alpha value is -2.47. The van der Waals surface area contributed by atoms with Gasteiger partial charge >= 0.3 is 0 Å². The molecule has 0 atom stereocenters. The second-order valence-electron chi connectivity index (χ2n) is 3.82. The Bertz CT molecular complexity index is 751. The zero-order chi connectivity index (χ0) is 13.2. The molecule has 2 aromatic heterocycles. The second kappa shape index (κ2) is 4.66. The van der Waals surface area contributed by atoms with Gasteiger partial charge in [0.1, 0.15) is 5.56 Å². The highest BCUT2D eigenvalue weighted by Gasteiger charge is 2.14. The van der Waals surface area contributed by atoms with Gasteiger partial charge in [-0.25, -0.2) is 4.98 Å². The molecule has 0 radical (unpaired) electrons. The molecule has 0 saturated carbocycles. The Labute approximate surface area is 112 Å². The van der Waals surface area contributed by atoms with Crippen LogP contribution in [0.5, 0.6) is 5.88 Å². The fraction of sp³-hybridized carbons (Fsp3) is 0. The van der Waals surface area contributed by atoms with Gasteiger partial charge < -0.3 is 10.1 Å². The third kappa shape index (κ3) is 2.13. The van der Waals surface area contributed by atoms with Crippen LogP contribution in [0.3, 0.4) is 0 Å². The van der Waals surface area contributed by atoms with Crippen molar-refractivity contribution in [1.82, 2.24) is 15.0 Å². The van der Waals surface area contributed by atoms with Crippen LogP contribution in [0, 0.1) is 0 Å². The van der Waals surface area contributed by atoms with Crippen molar-refractivity contribution in [1.29, 1.82) is 0 Å². The lowest BCUT2D eigenvalue weighted by molar-refractivity contribution is 0.454. The van der Waals surface area contributed by atoms with Crippen LogP contribution in [0.25, 0.3) is 22.0 Å². The maximum atomic E-state index is 12.1. The molecular weight excluding hydrogens is 262 g/mol. The monoisotopic (exact) mass is 271 g/mol. The number of benzene rings is 1. The first-order valence-corrected chi connectivity index (χ1v) is 6.42. The van der Waals surface area contributed by atoms with Crippen LogP contribution in [0.4, 0.5) is 0 Å². The predicted octanol–water partition coefficient (Wildman–Crippen LogP) is 2.27. The molecule has 0 bridgehead atoms. The second-order valence-corrected chi connectivity index (χ2v) is 4.71. The van der Waals surface area contributed by atoms with E-state index in [1.54, 1.807) is 35.8 Å². The number of nitrogens with one attached hydrogen (secondary N) is 1. The van der Waals surface area contributed by atoms with E-state index in [0.29, 0.717) is 10.6 Å². The number of aromatic nitrogens is 3. The lowest BCUT2D eigenvalue weighted by Gasteiger charge is -2.04. The van der Waals surface area contributed by atoms with E-state index in [2.05, 4.69) is 15.0 Å². The summed E-state index contributed by atoms with van der Waals surface area (Å²) in [5.41, 5.74) is 0.407. The number of rotatable bonds is 2. The van der Waals surface area contributed by atoms with Crippen LogP contribution >= 0.6 is 11.3 Å². The number of H-pyrrole nitrogens is 1. The third-order valence-corrected chi connectivity index (χ3v) is 3.38. The molecule has 0 saturated heterocycles. The van der Waals surface area contributed by atoms with Crippen molar-refractivity contribution in [3.05, 3.63) is 52.3 Å². The fourth-order valence-electron chi connectivity index (χ4n) is 1.77. The Balaban J connectivity index is 2.17. The number of nitrogens with zero attached hydrogens (tertiary/aromatic N) is 2. The maximum absolute atomic E-state index is 12.1. The summed E-state index contributed by atoms with van der Waals surface area (Å²) in [4.78, 5) is 22.8. The number of thiazole rings is 1. The van der Waals surface area contributed by atoms with Gasteiger partial charge in [-0.1, -0.05) is 30.3 Å². The van der Waals surface area contributed by atoms with Crippen LogP contribution in [0.1, 0.15) is 0 Å². The Morgan fingerprint density at radius 2 is 2.00 bits per heavy atom. The fourth-order valence-corrected chi connectivity index (χ4v) is 2.35. The van der Waals surface area contributed by atoms with Gasteiger partial charge in [0.2, 0.25) is 5.88 Å². The summed E-state index contributed by atoms with van der Waals surface area (Å²) in [5, 5.41) is 12.3. The highest BCUT2D eigenvalue weighted by atomic mass is 32.1. The van der Waals surface area contributed by atoms with Gasteiger partial charge in [-0.05, 0) is 5.56 Å². The molecule has 94 valence electrons. The predicted molar refractivity (Wildman–Crippen MR) is 73.1 cm³/mol. The summed E-state index contributed by atoms with van der Waals surface area (Å²) >= 11 is 1.34. The Kier molecular flexibility index (Phi) is 2.85. The average Bonchev–Trinajstić information content (AvgIpc) is 2.93. The SMILES string of the molecule is O=c1[nH]c(-c2nccs2)nc(O)c1-c1ccccc1. The lowest BCUT2D eigenvalue weighted by atomic mass is 10.1. The van der Waals surface area contributed by atoms with Crippen LogP contribution in [-0.4, -0.2) is 20.1 Å². The smallest absolute Gasteiger partial charge is 0.263 e. The first-order valence-electron chi connectivity index (χ1n) is 5.54. The highest BCUT2D eigenvalue weighted by Crippen LogP contribution is 2.25. The highest BCUT2D eigenvalue weighted by molar-refractivity contribution is 7.12. The van der Waals surface area contributed by atoms with Crippen LogP contribution in [0.15, 0.2) is 46.7 Å². The first kappa shape index (κ1) is 11.6. The zero-order valence-electron chi connectivity index (χ0n) is 9.70. The van der Waals surface area contributed by atoms with Gasteiger partial charge in [0.05, 0.1) is 0 Å². The molecule has 0 unspecified atom stereocenters. The summed E-state index contributed by atoms with van der Waals surface area (Å²) in [6.07, 6.45) is 1.61. The van der Waals surface area contributed by atoms with Crippen molar-refractivity contribution in [2.75, 3.05) is 0 Å². The molecule has 3 rings (SSSR count). The summed E-state index contributed by atoms with van der Waals surface area (Å²) in [5.74, 6) is -0.0164. The van der Waals surface area contributed by atoms with E-state index in [-0.39, 0.29) is 22.8 Å². The largest absolute Gasteiger partial charge is 0.493 e. The van der Waals surface area contributed by atoms with Gasteiger partial charge in [-0.2, -0.15) is 4.98 Å². The van der Waals surface area contributed by atoms with Gasteiger partial charge in [-0.3, -0.25) is 4.79 Å². The van der Waals surface area contributed by atoms with E-state index in [4.69, 9.17) is 0 Å². The van der Waals surface area contributed by atoms with E-state index in [9.17, 15) is 9.90 Å². The molecule has 1 aromatic carbocycles. The molecule has 3 aromatic rings. The quantitative estimate of drug-likeness (QED) is 0.749. The number of hydrogen-bond acceptors (Lipinski definition) is 5. The van der Waals surface area contributed by atoms with Crippen LogP contribution in [-0.2, 0) is 0 Å². The van der Waals surface area contributed by atoms with Crippen molar-refractivity contribution in [2.45, 2.75) is 0 Å². The molecular formula is C13H9N3O2S. The van der Waals surface area contributed by atoms with Crippen LogP contribution < -0.4 is 5.56 Å². The number of hydrogen-bond donors (Lipinski definition) is 2. The summed E-state index contributed by atoms with van der Waals surface area (Å²) in [6, 6.07) is 8.92. The molecule has 0 spiro atoms.